The first-order valence-corrected chi connectivity index (χ1v) is 6.78. The molecule has 1 aliphatic rings. The summed E-state index contributed by atoms with van der Waals surface area (Å²) < 4.78 is 18.3. The maximum atomic E-state index is 13.0. The Hall–Kier alpha value is -1.53. The molecule has 1 aliphatic heterocycles. The number of carbonyl (C=O) groups is 1. The molecule has 0 saturated carbocycles. The smallest absolute Gasteiger partial charge is 0.305 e. The number of nitrogens with zero attached hydrogens (tertiary/aromatic N) is 2. The number of ether oxygens (including phenoxy) is 1. The average Bonchev–Trinajstić information content (AvgIpc) is 2.43. The molecule has 0 bridgehead atoms. The van der Waals surface area contributed by atoms with Crippen LogP contribution in [-0.4, -0.2) is 46.8 Å². The molecule has 1 aromatic heterocycles. The van der Waals surface area contributed by atoms with Crippen molar-refractivity contribution >= 4 is 5.97 Å². The highest BCUT2D eigenvalue weighted by Gasteiger charge is 2.31. The van der Waals surface area contributed by atoms with Crippen molar-refractivity contribution in [2.24, 2.45) is 0 Å². The molecule has 1 saturated heterocycles. The molecule has 2 atom stereocenters. The SMILES string of the molecule is CCC(c1ccc(F)cn1)N1CCOCC1CC(=O)O. The summed E-state index contributed by atoms with van der Waals surface area (Å²) in [6.07, 6.45) is 2.02. The molecule has 0 amide bonds. The monoisotopic (exact) mass is 282 g/mol. The molecule has 20 heavy (non-hydrogen) atoms. The normalized spacial score (nSPS) is 21.6. The molecular formula is C14H19FN2O3. The Labute approximate surface area is 117 Å². The maximum Gasteiger partial charge on any atom is 0.305 e. The molecule has 1 fully saturated rings. The number of carboxylic acids is 1. The Morgan fingerprint density at radius 3 is 3.05 bits per heavy atom. The van der Waals surface area contributed by atoms with Gasteiger partial charge in [-0.15, -0.1) is 0 Å². The van der Waals surface area contributed by atoms with E-state index in [-0.39, 0.29) is 24.3 Å². The molecule has 0 aliphatic carbocycles. The summed E-state index contributed by atoms with van der Waals surface area (Å²) in [6.45, 7) is 3.66. The van der Waals surface area contributed by atoms with Gasteiger partial charge in [-0.2, -0.15) is 0 Å². The van der Waals surface area contributed by atoms with Gasteiger partial charge in [0.2, 0.25) is 0 Å². The van der Waals surface area contributed by atoms with Crippen LogP contribution < -0.4 is 0 Å². The van der Waals surface area contributed by atoms with Crippen LogP contribution >= 0.6 is 0 Å². The number of aromatic nitrogens is 1. The van der Waals surface area contributed by atoms with Gasteiger partial charge >= 0.3 is 5.97 Å². The lowest BCUT2D eigenvalue weighted by molar-refractivity contribution is -0.141. The molecule has 2 heterocycles. The zero-order chi connectivity index (χ0) is 14.5. The van der Waals surface area contributed by atoms with Gasteiger partial charge in [-0.05, 0) is 18.6 Å². The molecule has 2 unspecified atom stereocenters. The highest BCUT2D eigenvalue weighted by atomic mass is 19.1. The number of aliphatic carboxylic acids is 1. The Morgan fingerprint density at radius 1 is 1.65 bits per heavy atom. The predicted octanol–water partition coefficient (Wildman–Crippen LogP) is 1.85. The quantitative estimate of drug-likeness (QED) is 0.893. The highest BCUT2D eigenvalue weighted by Crippen LogP contribution is 2.27. The predicted molar refractivity (Wildman–Crippen MR) is 70.8 cm³/mol. The summed E-state index contributed by atoms with van der Waals surface area (Å²) in [4.78, 5) is 17.2. The van der Waals surface area contributed by atoms with E-state index < -0.39 is 5.97 Å². The third kappa shape index (κ3) is 3.52. The van der Waals surface area contributed by atoms with Crippen molar-refractivity contribution in [1.29, 1.82) is 0 Å². The first kappa shape index (κ1) is 14.9. The summed E-state index contributed by atoms with van der Waals surface area (Å²) in [5.74, 6) is -1.21. The van der Waals surface area contributed by atoms with Crippen molar-refractivity contribution in [3.63, 3.8) is 0 Å². The van der Waals surface area contributed by atoms with E-state index in [1.807, 2.05) is 6.92 Å². The van der Waals surface area contributed by atoms with Crippen molar-refractivity contribution in [2.45, 2.75) is 31.8 Å². The van der Waals surface area contributed by atoms with Crippen LogP contribution in [0.2, 0.25) is 0 Å². The molecule has 0 spiro atoms. The van der Waals surface area contributed by atoms with Crippen molar-refractivity contribution in [3.05, 3.63) is 29.8 Å². The van der Waals surface area contributed by atoms with Gasteiger partial charge in [0.05, 0.1) is 37.6 Å². The fourth-order valence-electron chi connectivity index (χ4n) is 2.65. The van der Waals surface area contributed by atoms with Crippen LogP contribution in [0.4, 0.5) is 4.39 Å². The van der Waals surface area contributed by atoms with Crippen LogP contribution in [0, 0.1) is 5.82 Å². The van der Waals surface area contributed by atoms with E-state index >= 15 is 0 Å². The number of hydrogen-bond acceptors (Lipinski definition) is 4. The van der Waals surface area contributed by atoms with Crippen molar-refractivity contribution in [3.8, 4) is 0 Å². The lowest BCUT2D eigenvalue weighted by atomic mass is 10.0. The fraction of sp³-hybridized carbons (Fsp3) is 0.571. The topological polar surface area (TPSA) is 62.7 Å². The van der Waals surface area contributed by atoms with Crippen LogP contribution in [0.5, 0.6) is 0 Å². The number of halogens is 1. The lowest BCUT2D eigenvalue weighted by Crippen LogP contribution is -2.48. The van der Waals surface area contributed by atoms with Gasteiger partial charge in [-0.3, -0.25) is 14.7 Å². The van der Waals surface area contributed by atoms with E-state index in [0.717, 1.165) is 12.1 Å². The van der Waals surface area contributed by atoms with E-state index in [0.29, 0.717) is 19.8 Å². The second-order valence-electron chi connectivity index (χ2n) is 4.89. The molecule has 2 rings (SSSR count). The van der Waals surface area contributed by atoms with Gasteiger partial charge in [0.15, 0.2) is 0 Å². The summed E-state index contributed by atoms with van der Waals surface area (Å²) in [5, 5.41) is 9.00. The summed E-state index contributed by atoms with van der Waals surface area (Å²) in [7, 11) is 0. The van der Waals surface area contributed by atoms with Crippen LogP contribution in [0.3, 0.4) is 0 Å². The van der Waals surface area contributed by atoms with Gasteiger partial charge in [-0.25, -0.2) is 4.39 Å². The molecule has 0 radical (unpaired) electrons. The van der Waals surface area contributed by atoms with Crippen molar-refractivity contribution in [1.82, 2.24) is 9.88 Å². The fourth-order valence-corrected chi connectivity index (χ4v) is 2.65. The molecule has 6 heteroatoms. The molecule has 1 N–H and O–H groups in total. The zero-order valence-electron chi connectivity index (χ0n) is 11.5. The lowest BCUT2D eigenvalue weighted by Gasteiger charge is -2.40. The van der Waals surface area contributed by atoms with Crippen LogP contribution in [0.1, 0.15) is 31.5 Å². The van der Waals surface area contributed by atoms with Gasteiger partial charge in [0.1, 0.15) is 5.82 Å². The maximum absolute atomic E-state index is 13.0. The number of carboxylic acid groups (broad SMARTS) is 1. The molecule has 5 nitrogen and oxygen atoms in total. The minimum absolute atomic E-state index is 0.0103. The van der Waals surface area contributed by atoms with E-state index in [2.05, 4.69) is 9.88 Å². The number of hydrogen-bond donors (Lipinski definition) is 1. The van der Waals surface area contributed by atoms with Crippen LogP contribution in [0.15, 0.2) is 18.3 Å². The molecule has 0 aromatic carbocycles. The second kappa shape index (κ2) is 6.76. The molecular weight excluding hydrogens is 263 g/mol. The standard InChI is InChI=1S/C14H19FN2O3/c1-2-13(12-4-3-10(15)8-16-12)17-5-6-20-9-11(17)7-14(18)19/h3-4,8,11,13H,2,5-7,9H2,1H3,(H,18,19). The molecule has 110 valence electrons. The van der Waals surface area contributed by atoms with Gasteiger partial charge < -0.3 is 9.84 Å². The number of rotatable bonds is 5. The third-order valence-electron chi connectivity index (χ3n) is 3.56. The Bertz CT molecular complexity index is 452. The highest BCUT2D eigenvalue weighted by molar-refractivity contribution is 5.67. The average molecular weight is 282 g/mol. The first-order chi connectivity index (χ1) is 9.61. The van der Waals surface area contributed by atoms with Gasteiger partial charge in [0.25, 0.3) is 0 Å². The van der Waals surface area contributed by atoms with Gasteiger partial charge in [0, 0.05) is 12.6 Å². The van der Waals surface area contributed by atoms with Crippen molar-refractivity contribution in [2.75, 3.05) is 19.8 Å². The summed E-state index contributed by atoms with van der Waals surface area (Å²) in [5.41, 5.74) is 0.770. The second-order valence-corrected chi connectivity index (χ2v) is 4.89. The zero-order valence-corrected chi connectivity index (χ0v) is 11.5. The Kier molecular flexibility index (Phi) is 5.03. The number of morpholine rings is 1. The Balaban J connectivity index is 2.19. The van der Waals surface area contributed by atoms with E-state index in [9.17, 15) is 9.18 Å². The van der Waals surface area contributed by atoms with E-state index in [1.165, 1.54) is 12.3 Å². The third-order valence-corrected chi connectivity index (χ3v) is 3.56. The van der Waals surface area contributed by atoms with Crippen molar-refractivity contribution < 1.29 is 19.0 Å². The number of pyridine rings is 1. The molecule has 1 aromatic rings. The minimum atomic E-state index is -0.840. The van der Waals surface area contributed by atoms with Crippen LogP contribution in [-0.2, 0) is 9.53 Å². The summed E-state index contributed by atoms with van der Waals surface area (Å²) >= 11 is 0. The van der Waals surface area contributed by atoms with E-state index in [4.69, 9.17) is 9.84 Å². The van der Waals surface area contributed by atoms with E-state index in [1.54, 1.807) is 6.07 Å². The Morgan fingerprint density at radius 2 is 2.45 bits per heavy atom. The summed E-state index contributed by atoms with van der Waals surface area (Å²) in [6, 6.07) is 2.87. The van der Waals surface area contributed by atoms with Gasteiger partial charge in [-0.1, -0.05) is 6.92 Å². The van der Waals surface area contributed by atoms with Crippen LogP contribution in [0.25, 0.3) is 0 Å². The largest absolute Gasteiger partial charge is 0.481 e. The first-order valence-electron chi connectivity index (χ1n) is 6.78. The minimum Gasteiger partial charge on any atom is -0.481 e.